The van der Waals surface area contributed by atoms with E-state index in [2.05, 4.69) is 5.32 Å². The molecule has 0 saturated carbocycles. The Hall–Kier alpha value is -2.34. The first-order valence-electron chi connectivity index (χ1n) is 6.74. The molecule has 1 N–H and O–H groups in total. The Bertz CT molecular complexity index is 686. The highest BCUT2D eigenvalue weighted by Crippen LogP contribution is 2.23. The number of anilines is 1. The summed E-state index contributed by atoms with van der Waals surface area (Å²) in [4.78, 5) is 23.3. The van der Waals surface area contributed by atoms with Gasteiger partial charge in [0.1, 0.15) is 0 Å². The molecule has 0 aliphatic carbocycles. The molecular weight excluding hydrogens is 300 g/mol. The first kappa shape index (κ1) is 16.0. The average molecular weight is 316 g/mol. The van der Waals surface area contributed by atoms with Crippen molar-refractivity contribution < 1.29 is 14.3 Å². The molecule has 1 amide bonds. The van der Waals surface area contributed by atoms with Crippen LogP contribution in [0.3, 0.4) is 0 Å². The quantitative estimate of drug-likeness (QED) is 0.398. The number of pyridine rings is 1. The molecule has 0 bridgehead atoms. The van der Waals surface area contributed by atoms with Crippen molar-refractivity contribution in [3.8, 4) is 0 Å². The van der Waals surface area contributed by atoms with Crippen LogP contribution >= 0.6 is 11.8 Å². The van der Waals surface area contributed by atoms with E-state index in [-0.39, 0.29) is 16.9 Å². The summed E-state index contributed by atoms with van der Waals surface area (Å²) in [6.45, 7) is 3.19. The Morgan fingerprint density at radius 3 is 2.45 bits per heavy atom. The number of aromatic nitrogens is 1. The number of nitrogens with one attached hydrogen (secondary N) is 1. The lowest BCUT2D eigenvalue weighted by Gasteiger charge is -2.10. The third kappa shape index (κ3) is 4.08. The zero-order valence-corrected chi connectivity index (χ0v) is 13.1. The first-order valence-corrected chi connectivity index (χ1v) is 7.62. The predicted molar refractivity (Wildman–Crippen MR) is 85.8 cm³/mol. The monoisotopic (exact) mass is 316 g/mol. The molecule has 0 aliphatic heterocycles. The average Bonchev–Trinajstić information content (AvgIpc) is 2.49. The van der Waals surface area contributed by atoms with E-state index in [0.717, 1.165) is 4.73 Å². The summed E-state index contributed by atoms with van der Waals surface area (Å²) in [5, 5.41) is 14.4. The molecule has 0 aliphatic rings. The van der Waals surface area contributed by atoms with Crippen molar-refractivity contribution in [2.24, 2.45) is 0 Å². The van der Waals surface area contributed by atoms with Gasteiger partial charge >= 0.3 is 0 Å². The van der Waals surface area contributed by atoms with Gasteiger partial charge in [0, 0.05) is 30.3 Å². The zero-order chi connectivity index (χ0) is 16.1. The summed E-state index contributed by atoms with van der Waals surface area (Å²) in [5.41, 5.74) is 1.19. The van der Waals surface area contributed by atoms with Gasteiger partial charge in [0.15, 0.2) is 12.0 Å². The SMILES string of the molecule is CC(=O)Nc1ccc(C(=O)C(C)Sc2cccc[n+]2[O-])cc1. The third-order valence-corrected chi connectivity index (χ3v) is 4.07. The second-order valence-electron chi connectivity index (χ2n) is 4.75. The zero-order valence-electron chi connectivity index (χ0n) is 12.3. The van der Waals surface area contributed by atoms with Crippen molar-refractivity contribution in [2.45, 2.75) is 24.1 Å². The first-order chi connectivity index (χ1) is 10.5. The number of benzene rings is 1. The molecule has 0 spiro atoms. The van der Waals surface area contributed by atoms with Gasteiger partial charge in [-0.25, -0.2) is 0 Å². The van der Waals surface area contributed by atoms with E-state index in [1.807, 2.05) is 0 Å². The van der Waals surface area contributed by atoms with Crippen LogP contribution in [0.4, 0.5) is 5.69 Å². The van der Waals surface area contributed by atoms with Crippen molar-refractivity contribution in [1.29, 1.82) is 0 Å². The van der Waals surface area contributed by atoms with E-state index in [4.69, 9.17) is 0 Å². The number of hydrogen-bond acceptors (Lipinski definition) is 4. The van der Waals surface area contributed by atoms with Crippen molar-refractivity contribution in [2.75, 3.05) is 5.32 Å². The summed E-state index contributed by atoms with van der Waals surface area (Å²) in [6, 6.07) is 11.8. The van der Waals surface area contributed by atoms with Gasteiger partial charge in [0.2, 0.25) is 5.91 Å². The summed E-state index contributed by atoms with van der Waals surface area (Å²) in [7, 11) is 0. The maximum atomic E-state index is 12.4. The number of ketones is 1. The van der Waals surface area contributed by atoms with Crippen LogP contribution in [-0.4, -0.2) is 16.9 Å². The molecule has 1 unspecified atom stereocenters. The Balaban J connectivity index is 2.07. The fourth-order valence-electron chi connectivity index (χ4n) is 1.89. The Labute approximate surface area is 132 Å². The number of carbonyl (C=O) groups excluding carboxylic acids is 2. The van der Waals surface area contributed by atoms with E-state index >= 15 is 0 Å². The van der Waals surface area contributed by atoms with Gasteiger partial charge in [0.25, 0.3) is 5.03 Å². The molecule has 0 saturated heterocycles. The van der Waals surface area contributed by atoms with Crippen LogP contribution in [0.2, 0.25) is 0 Å². The minimum Gasteiger partial charge on any atom is -0.618 e. The topological polar surface area (TPSA) is 73.1 Å². The van der Waals surface area contributed by atoms with Crippen molar-refractivity contribution in [3.63, 3.8) is 0 Å². The molecule has 2 rings (SSSR count). The summed E-state index contributed by atoms with van der Waals surface area (Å²) in [5.74, 6) is -0.227. The minimum atomic E-state index is -0.380. The molecule has 0 fully saturated rings. The van der Waals surface area contributed by atoms with Gasteiger partial charge in [-0.1, -0.05) is 0 Å². The molecule has 1 aromatic carbocycles. The number of nitrogens with zero attached hydrogens (tertiary/aromatic N) is 1. The van der Waals surface area contributed by atoms with Crippen LogP contribution in [0.1, 0.15) is 24.2 Å². The number of rotatable bonds is 5. The number of amides is 1. The molecule has 1 atom stereocenters. The Kier molecular flexibility index (Phi) is 5.16. The highest BCUT2D eigenvalue weighted by molar-refractivity contribution is 8.00. The van der Waals surface area contributed by atoms with Gasteiger partial charge in [-0.05, 0) is 49.0 Å². The van der Waals surface area contributed by atoms with Crippen LogP contribution in [0.25, 0.3) is 0 Å². The number of thioether (sulfide) groups is 1. The molecule has 0 radical (unpaired) electrons. The standard InChI is InChI=1S/C16H16N2O3S/c1-11(22-15-5-3-4-10-18(15)21)16(20)13-6-8-14(9-7-13)17-12(2)19/h3-11H,1-2H3,(H,17,19). The van der Waals surface area contributed by atoms with Crippen LogP contribution in [0.5, 0.6) is 0 Å². The summed E-state index contributed by atoms with van der Waals surface area (Å²) >= 11 is 1.22. The lowest BCUT2D eigenvalue weighted by Crippen LogP contribution is -2.29. The minimum absolute atomic E-state index is 0.0665. The Morgan fingerprint density at radius 2 is 1.86 bits per heavy atom. The number of hydrogen-bond donors (Lipinski definition) is 1. The van der Waals surface area contributed by atoms with Crippen molar-refractivity contribution >= 4 is 29.1 Å². The number of Topliss-reactive ketones (excluding diaryl/α,β-unsaturated/α-hetero) is 1. The van der Waals surface area contributed by atoms with Gasteiger partial charge in [-0.3, -0.25) is 9.59 Å². The highest BCUT2D eigenvalue weighted by Gasteiger charge is 2.20. The fraction of sp³-hybridized carbons (Fsp3) is 0.188. The maximum absolute atomic E-state index is 12.4. The van der Waals surface area contributed by atoms with Crippen LogP contribution < -0.4 is 10.0 Å². The van der Waals surface area contributed by atoms with Crippen molar-refractivity contribution in [1.82, 2.24) is 0 Å². The number of carbonyl (C=O) groups is 2. The fourth-order valence-corrected chi connectivity index (χ4v) is 2.82. The van der Waals surface area contributed by atoms with Crippen LogP contribution in [-0.2, 0) is 4.79 Å². The smallest absolute Gasteiger partial charge is 0.252 e. The van der Waals surface area contributed by atoms with E-state index in [9.17, 15) is 14.8 Å². The largest absolute Gasteiger partial charge is 0.618 e. The normalized spacial score (nSPS) is 11.7. The molecular formula is C16H16N2O3S. The summed E-state index contributed by atoms with van der Waals surface area (Å²) in [6.07, 6.45) is 1.40. The van der Waals surface area contributed by atoms with Crippen LogP contribution in [0.15, 0.2) is 53.7 Å². The molecule has 1 aromatic heterocycles. The molecule has 2 aromatic rings. The van der Waals surface area contributed by atoms with E-state index in [0.29, 0.717) is 16.3 Å². The third-order valence-electron chi connectivity index (χ3n) is 2.95. The van der Waals surface area contributed by atoms with Crippen molar-refractivity contribution in [3.05, 3.63) is 59.4 Å². The van der Waals surface area contributed by atoms with Gasteiger partial charge < -0.3 is 10.5 Å². The second kappa shape index (κ2) is 7.09. The van der Waals surface area contributed by atoms with Gasteiger partial charge in [0.05, 0.1) is 5.25 Å². The molecule has 5 nitrogen and oxygen atoms in total. The van der Waals surface area contributed by atoms with Crippen LogP contribution in [0, 0.1) is 5.21 Å². The van der Waals surface area contributed by atoms with E-state index in [1.165, 1.54) is 24.9 Å². The molecule has 6 heteroatoms. The van der Waals surface area contributed by atoms with E-state index < -0.39 is 0 Å². The van der Waals surface area contributed by atoms with E-state index in [1.54, 1.807) is 49.4 Å². The molecule has 22 heavy (non-hydrogen) atoms. The highest BCUT2D eigenvalue weighted by atomic mass is 32.2. The molecule has 1 heterocycles. The molecule has 114 valence electrons. The Morgan fingerprint density at radius 1 is 1.18 bits per heavy atom. The van der Waals surface area contributed by atoms with Gasteiger partial charge in [-0.2, -0.15) is 4.73 Å². The summed E-state index contributed by atoms with van der Waals surface area (Å²) < 4.78 is 0.744. The lowest BCUT2D eigenvalue weighted by molar-refractivity contribution is -0.645. The maximum Gasteiger partial charge on any atom is 0.252 e. The second-order valence-corrected chi connectivity index (χ2v) is 6.11. The predicted octanol–water partition coefficient (Wildman–Crippen LogP) is 2.64. The van der Waals surface area contributed by atoms with Gasteiger partial charge in [-0.15, -0.1) is 0 Å². The lowest BCUT2D eigenvalue weighted by atomic mass is 10.1.